The second kappa shape index (κ2) is 5.85. The standard InChI is InChI=1S/C14H19N5OS/c1-8(20)16-6-7-17-14-18-12(15)11-9-4-2-3-5-10(9)21-13(11)19-14/h2-7H2,1H3,(H,16,20)(H3,15,17,18,19). The Morgan fingerprint density at radius 1 is 1.29 bits per heavy atom. The normalized spacial score (nSPS) is 14.0. The van der Waals surface area contributed by atoms with Crippen LogP contribution in [0.1, 0.15) is 30.2 Å². The van der Waals surface area contributed by atoms with E-state index in [0.29, 0.717) is 24.9 Å². The van der Waals surface area contributed by atoms with E-state index in [4.69, 9.17) is 5.73 Å². The van der Waals surface area contributed by atoms with E-state index in [0.717, 1.165) is 23.1 Å². The van der Waals surface area contributed by atoms with Crippen molar-refractivity contribution in [2.75, 3.05) is 24.1 Å². The Kier molecular flexibility index (Phi) is 3.92. The largest absolute Gasteiger partial charge is 0.383 e. The molecule has 112 valence electrons. The van der Waals surface area contributed by atoms with Gasteiger partial charge in [-0.2, -0.15) is 4.98 Å². The molecule has 0 fully saturated rings. The number of hydrogen-bond acceptors (Lipinski definition) is 6. The maximum Gasteiger partial charge on any atom is 0.226 e. The van der Waals surface area contributed by atoms with Crippen LogP contribution in [0.15, 0.2) is 0 Å². The SMILES string of the molecule is CC(=O)NCCNc1nc(N)c2c3c(sc2n1)CCCC3. The van der Waals surface area contributed by atoms with Crippen LogP contribution in [0.4, 0.5) is 11.8 Å². The van der Waals surface area contributed by atoms with Crippen LogP contribution in [-0.2, 0) is 17.6 Å². The summed E-state index contributed by atoms with van der Waals surface area (Å²) in [6, 6.07) is 0. The first-order valence-corrected chi connectivity index (χ1v) is 8.03. The number of amides is 1. The Hall–Kier alpha value is -1.89. The van der Waals surface area contributed by atoms with Gasteiger partial charge in [-0.15, -0.1) is 11.3 Å². The first kappa shape index (κ1) is 14.1. The fourth-order valence-electron chi connectivity index (χ4n) is 2.68. The van der Waals surface area contributed by atoms with Crippen molar-refractivity contribution in [3.63, 3.8) is 0 Å². The number of rotatable bonds is 4. The highest BCUT2D eigenvalue weighted by Gasteiger charge is 2.19. The molecule has 0 saturated heterocycles. The number of nitrogens with two attached hydrogens (primary N) is 1. The van der Waals surface area contributed by atoms with E-state index in [1.165, 1.54) is 30.2 Å². The van der Waals surface area contributed by atoms with Crippen molar-refractivity contribution in [1.29, 1.82) is 0 Å². The summed E-state index contributed by atoms with van der Waals surface area (Å²) >= 11 is 1.73. The van der Waals surface area contributed by atoms with Crippen molar-refractivity contribution in [2.45, 2.75) is 32.6 Å². The van der Waals surface area contributed by atoms with Crippen LogP contribution in [0.25, 0.3) is 10.2 Å². The van der Waals surface area contributed by atoms with Crippen LogP contribution in [0.3, 0.4) is 0 Å². The number of carbonyl (C=O) groups excluding carboxylic acids is 1. The minimum absolute atomic E-state index is 0.0429. The second-order valence-electron chi connectivity index (χ2n) is 5.23. The van der Waals surface area contributed by atoms with E-state index in [9.17, 15) is 4.79 Å². The molecule has 2 aromatic heterocycles. The average molecular weight is 305 g/mol. The van der Waals surface area contributed by atoms with Crippen molar-refractivity contribution < 1.29 is 4.79 Å². The number of nitrogens with zero attached hydrogens (tertiary/aromatic N) is 2. The van der Waals surface area contributed by atoms with Crippen molar-refractivity contribution in [1.82, 2.24) is 15.3 Å². The summed E-state index contributed by atoms with van der Waals surface area (Å²) in [5, 5.41) is 6.87. The van der Waals surface area contributed by atoms with Gasteiger partial charge in [0, 0.05) is 24.9 Å². The van der Waals surface area contributed by atoms with Gasteiger partial charge in [-0.1, -0.05) is 0 Å². The summed E-state index contributed by atoms with van der Waals surface area (Å²) in [4.78, 5) is 22.1. The zero-order chi connectivity index (χ0) is 14.8. The van der Waals surface area contributed by atoms with E-state index in [1.54, 1.807) is 11.3 Å². The van der Waals surface area contributed by atoms with Gasteiger partial charge in [0.05, 0.1) is 5.39 Å². The molecule has 0 spiro atoms. The molecule has 0 atom stereocenters. The van der Waals surface area contributed by atoms with Crippen LogP contribution in [0.5, 0.6) is 0 Å². The third-order valence-electron chi connectivity index (χ3n) is 3.62. The summed E-state index contributed by atoms with van der Waals surface area (Å²) in [7, 11) is 0. The van der Waals surface area contributed by atoms with Gasteiger partial charge in [0.2, 0.25) is 11.9 Å². The topological polar surface area (TPSA) is 92.9 Å². The number of nitrogens with one attached hydrogen (secondary N) is 2. The number of aryl methyl sites for hydroxylation is 2. The number of nitrogen functional groups attached to an aromatic ring is 1. The van der Waals surface area contributed by atoms with Crippen molar-refractivity contribution in [3.05, 3.63) is 10.4 Å². The van der Waals surface area contributed by atoms with Gasteiger partial charge in [0.15, 0.2) is 0 Å². The van der Waals surface area contributed by atoms with E-state index < -0.39 is 0 Å². The van der Waals surface area contributed by atoms with Gasteiger partial charge in [0.1, 0.15) is 10.6 Å². The summed E-state index contributed by atoms with van der Waals surface area (Å²) < 4.78 is 0. The van der Waals surface area contributed by atoms with Crippen LogP contribution < -0.4 is 16.4 Å². The van der Waals surface area contributed by atoms with Gasteiger partial charge in [-0.25, -0.2) is 4.98 Å². The lowest BCUT2D eigenvalue weighted by molar-refractivity contribution is -0.118. The first-order chi connectivity index (χ1) is 10.1. The molecule has 0 radical (unpaired) electrons. The summed E-state index contributed by atoms with van der Waals surface area (Å²) in [5.41, 5.74) is 7.47. The third-order valence-corrected chi connectivity index (χ3v) is 4.81. The Morgan fingerprint density at radius 3 is 2.90 bits per heavy atom. The number of fused-ring (bicyclic) bond motifs is 3. The summed E-state index contributed by atoms with van der Waals surface area (Å²) in [6.45, 7) is 2.61. The molecule has 2 aromatic rings. The molecule has 1 amide bonds. The van der Waals surface area contributed by atoms with Crippen LogP contribution in [-0.4, -0.2) is 29.0 Å². The highest BCUT2D eigenvalue weighted by Crippen LogP contribution is 2.38. The smallest absolute Gasteiger partial charge is 0.226 e. The zero-order valence-corrected chi connectivity index (χ0v) is 12.8. The molecular formula is C14H19N5OS. The predicted octanol–water partition coefficient (Wildman–Crippen LogP) is 1.70. The fraction of sp³-hybridized carbons (Fsp3) is 0.500. The minimum atomic E-state index is -0.0429. The lowest BCUT2D eigenvalue weighted by Gasteiger charge is -2.11. The molecule has 0 aromatic carbocycles. The quantitative estimate of drug-likeness (QED) is 0.748. The minimum Gasteiger partial charge on any atom is -0.383 e. The second-order valence-corrected chi connectivity index (χ2v) is 6.32. The van der Waals surface area contributed by atoms with E-state index in [-0.39, 0.29) is 5.91 Å². The van der Waals surface area contributed by atoms with Gasteiger partial charge in [-0.05, 0) is 31.2 Å². The Balaban J connectivity index is 1.81. The van der Waals surface area contributed by atoms with Gasteiger partial charge < -0.3 is 16.4 Å². The highest BCUT2D eigenvalue weighted by atomic mass is 32.1. The molecule has 1 aliphatic carbocycles. The number of thiophene rings is 1. The molecular weight excluding hydrogens is 286 g/mol. The molecule has 0 saturated carbocycles. The number of hydrogen-bond donors (Lipinski definition) is 3. The molecule has 0 unspecified atom stereocenters. The third kappa shape index (κ3) is 2.92. The number of carbonyl (C=O) groups is 1. The number of anilines is 2. The molecule has 2 heterocycles. The summed E-state index contributed by atoms with van der Waals surface area (Å²) in [5.74, 6) is 1.05. The molecule has 7 heteroatoms. The molecule has 0 aliphatic heterocycles. The molecule has 21 heavy (non-hydrogen) atoms. The van der Waals surface area contributed by atoms with E-state index in [2.05, 4.69) is 20.6 Å². The molecule has 4 N–H and O–H groups in total. The molecule has 1 aliphatic rings. The Bertz CT molecular complexity index is 682. The Morgan fingerprint density at radius 2 is 2.10 bits per heavy atom. The lowest BCUT2D eigenvalue weighted by Crippen LogP contribution is -2.26. The monoisotopic (exact) mass is 305 g/mol. The highest BCUT2D eigenvalue weighted by molar-refractivity contribution is 7.19. The Labute approximate surface area is 127 Å². The maximum atomic E-state index is 10.8. The van der Waals surface area contributed by atoms with Crippen molar-refractivity contribution in [3.8, 4) is 0 Å². The van der Waals surface area contributed by atoms with Crippen LogP contribution in [0.2, 0.25) is 0 Å². The molecule has 6 nitrogen and oxygen atoms in total. The maximum absolute atomic E-state index is 10.8. The average Bonchev–Trinajstić information content (AvgIpc) is 2.82. The van der Waals surface area contributed by atoms with E-state index in [1.807, 2.05) is 0 Å². The van der Waals surface area contributed by atoms with Crippen LogP contribution >= 0.6 is 11.3 Å². The lowest BCUT2D eigenvalue weighted by atomic mass is 9.97. The molecule has 3 rings (SSSR count). The van der Waals surface area contributed by atoms with Crippen molar-refractivity contribution in [2.24, 2.45) is 0 Å². The molecule has 0 bridgehead atoms. The number of aromatic nitrogens is 2. The summed E-state index contributed by atoms with van der Waals surface area (Å²) in [6.07, 6.45) is 4.67. The zero-order valence-electron chi connectivity index (χ0n) is 12.0. The fourth-order valence-corrected chi connectivity index (χ4v) is 3.95. The van der Waals surface area contributed by atoms with E-state index >= 15 is 0 Å². The predicted molar refractivity (Wildman–Crippen MR) is 85.6 cm³/mol. The first-order valence-electron chi connectivity index (χ1n) is 7.21. The van der Waals surface area contributed by atoms with Crippen LogP contribution in [0, 0.1) is 0 Å². The van der Waals surface area contributed by atoms with Gasteiger partial charge in [0.25, 0.3) is 0 Å². The van der Waals surface area contributed by atoms with Gasteiger partial charge in [-0.3, -0.25) is 4.79 Å². The van der Waals surface area contributed by atoms with Gasteiger partial charge >= 0.3 is 0 Å². The van der Waals surface area contributed by atoms with Crippen molar-refractivity contribution >= 4 is 39.2 Å².